The molecule has 3 aromatic carbocycles. The van der Waals surface area contributed by atoms with Crippen molar-refractivity contribution >= 4 is 28.7 Å². The molecule has 26 heavy (non-hydrogen) atoms. The largest absolute Gasteiger partial charge is 0.480 e. The number of carbonyl (C=O) groups excluding carboxylic acids is 1. The molecule has 3 aromatic rings. The molecule has 0 aliphatic rings. The lowest BCUT2D eigenvalue weighted by Gasteiger charge is -2.13. The summed E-state index contributed by atoms with van der Waals surface area (Å²) in [6.07, 6.45) is 3.33. The molecule has 3 rings (SSSR count). The van der Waals surface area contributed by atoms with Crippen molar-refractivity contribution in [1.29, 1.82) is 0 Å². The van der Waals surface area contributed by atoms with Crippen LogP contribution < -0.4 is 5.32 Å². The fourth-order valence-electron chi connectivity index (χ4n) is 2.83. The van der Waals surface area contributed by atoms with Crippen molar-refractivity contribution in [3.63, 3.8) is 0 Å². The Bertz CT molecular complexity index is 943. The van der Waals surface area contributed by atoms with Gasteiger partial charge in [-0.1, -0.05) is 72.8 Å². The second-order valence-corrected chi connectivity index (χ2v) is 5.99. The molecular weight excluding hydrogens is 326 g/mol. The summed E-state index contributed by atoms with van der Waals surface area (Å²) in [5, 5.41) is 14.1. The molecule has 4 nitrogen and oxygen atoms in total. The van der Waals surface area contributed by atoms with Crippen LogP contribution in [0.2, 0.25) is 0 Å². The Morgan fingerprint density at radius 2 is 1.62 bits per heavy atom. The average molecular weight is 345 g/mol. The average Bonchev–Trinajstić information content (AvgIpc) is 2.66. The van der Waals surface area contributed by atoms with E-state index in [-0.39, 0.29) is 6.42 Å². The first kappa shape index (κ1) is 17.4. The minimum Gasteiger partial charge on any atom is -0.480 e. The van der Waals surface area contributed by atoms with Crippen molar-refractivity contribution in [2.75, 3.05) is 0 Å². The number of carboxylic acids is 1. The molecule has 0 saturated carbocycles. The van der Waals surface area contributed by atoms with Gasteiger partial charge in [-0.15, -0.1) is 0 Å². The first-order valence-electron chi connectivity index (χ1n) is 8.36. The van der Waals surface area contributed by atoms with Gasteiger partial charge in [-0.25, -0.2) is 4.79 Å². The van der Waals surface area contributed by atoms with Gasteiger partial charge in [0.25, 0.3) is 0 Å². The maximum absolute atomic E-state index is 12.2. The van der Waals surface area contributed by atoms with E-state index in [2.05, 4.69) is 5.32 Å². The van der Waals surface area contributed by atoms with Crippen LogP contribution in [0.3, 0.4) is 0 Å². The van der Waals surface area contributed by atoms with Gasteiger partial charge in [-0.2, -0.15) is 0 Å². The first-order chi connectivity index (χ1) is 12.6. The third kappa shape index (κ3) is 4.36. The SMILES string of the molecule is O=C(C=Cc1cccc2ccccc12)N[C@@H](Cc1ccccc1)C(=O)O. The first-order valence-corrected chi connectivity index (χ1v) is 8.36. The lowest BCUT2D eigenvalue weighted by Crippen LogP contribution is -2.41. The minimum atomic E-state index is -1.05. The Labute approximate surface area is 151 Å². The summed E-state index contributed by atoms with van der Waals surface area (Å²) in [5.74, 6) is -1.48. The minimum absolute atomic E-state index is 0.240. The van der Waals surface area contributed by atoms with E-state index in [0.717, 1.165) is 21.9 Å². The van der Waals surface area contributed by atoms with Crippen molar-refractivity contribution in [2.24, 2.45) is 0 Å². The van der Waals surface area contributed by atoms with Gasteiger partial charge in [0.15, 0.2) is 0 Å². The molecule has 0 radical (unpaired) electrons. The van der Waals surface area contributed by atoms with Gasteiger partial charge in [0.1, 0.15) is 6.04 Å². The second kappa shape index (κ2) is 8.12. The molecule has 1 amide bonds. The molecule has 0 unspecified atom stereocenters. The number of aliphatic carboxylic acids is 1. The monoisotopic (exact) mass is 345 g/mol. The lowest BCUT2D eigenvalue weighted by atomic mass is 10.0. The van der Waals surface area contributed by atoms with Gasteiger partial charge in [0.05, 0.1) is 0 Å². The molecule has 4 heteroatoms. The third-order valence-corrected chi connectivity index (χ3v) is 4.13. The number of hydrogen-bond acceptors (Lipinski definition) is 2. The Morgan fingerprint density at radius 3 is 2.38 bits per heavy atom. The fourth-order valence-corrected chi connectivity index (χ4v) is 2.83. The van der Waals surface area contributed by atoms with E-state index in [4.69, 9.17) is 0 Å². The highest BCUT2D eigenvalue weighted by atomic mass is 16.4. The van der Waals surface area contributed by atoms with Gasteiger partial charge in [-0.3, -0.25) is 4.79 Å². The molecular formula is C22H19NO3. The molecule has 0 aromatic heterocycles. The predicted molar refractivity (Wildman–Crippen MR) is 103 cm³/mol. The van der Waals surface area contributed by atoms with Crippen molar-refractivity contribution in [3.8, 4) is 0 Å². The Balaban J connectivity index is 1.72. The van der Waals surface area contributed by atoms with Crippen LogP contribution in [0.25, 0.3) is 16.8 Å². The van der Waals surface area contributed by atoms with Gasteiger partial charge in [0, 0.05) is 12.5 Å². The predicted octanol–water partition coefficient (Wildman–Crippen LogP) is 3.67. The smallest absolute Gasteiger partial charge is 0.326 e. The fraction of sp³-hybridized carbons (Fsp3) is 0.0909. The van der Waals surface area contributed by atoms with Crippen molar-refractivity contribution in [2.45, 2.75) is 12.5 Å². The summed E-state index contributed by atoms with van der Waals surface area (Å²) in [6.45, 7) is 0. The van der Waals surface area contributed by atoms with Crippen LogP contribution in [0.15, 0.2) is 78.9 Å². The summed E-state index contributed by atoms with van der Waals surface area (Å²) in [7, 11) is 0. The Hall–Kier alpha value is -3.40. The van der Waals surface area contributed by atoms with E-state index < -0.39 is 17.9 Å². The van der Waals surface area contributed by atoms with Crippen LogP contribution in [0.1, 0.15) is 11.1 Å². The molecule has 0 fully saturated rings. The summed E-state index contributed by atoms with van der Waals surface area (Å²) in [5.41, 5.74) is 1.77. The molecule has 130 valence electrons. The van der Waals surface area contributed by atoms with E-state index >= 15 is 0 Å². The zero-order valence-corrected chi connectivity index (χ0v) is 14.1. The summed E-state index contributed by atoms with van der Waals surface area (Å²) in [4.78, 5) is 23.6. The number of nitrogens with one attached hydrogen (secondary N) is 1. The highest BCUT2D eigenvalue weighted by Crippen LogP contribution is 2.19. The van der Waals surface area contributed by atoms with Crippen LogP contribution in [0.4, 0.5) is 0 Å². The number of carbonyl (C=O) groups is 2. The van der Waals surface area contributed by atoms with E-state index in [9.17, 15) is 14.7 Å². The molecule has 0 aliphatic carbocycles. The number of rotatable bonds is 6. The molecule has 2 N–H and O–H groups in total. The molecule has 0 spiro atoms. The summed E-state index contributed by atoms with van der Waals surface area (Å²) < 4.78 is 0. The van der Waals surface area contributed by atoms with E-state index in [1.54, 1.807) is 6.08 Å². The van der Waals surface area contributed by atoms with Gasteiger partial charge in [0.2, 0.25) is 5.91 Å². The van der Waals surface area contributed by atoms with Crippen molar-refractivity contribution < 1.29 is 14.7 Å². The highest BCUT2D eigenvalue weighted by Gasteiger charge is 2.19. The van der Waals surface area contributed by atoms with Gasteiger partial charge in [-0.05, 0) is 28.0 Å². The molecule has 0 bridgehead atoms. The molecule has 1 atom stereocenters. The number of hydrogen-bond donors (Lipinski definition) is 2. The van der Waals surface area contributed by atoms with Gasteiger partial charge < -0.3 is 10.4 Å². The zero-order chi connectivity index (χ0) is 18.4. The van der Waals surface area contributed by atoms with Crippen molar-refractivity contribution in [1.82, 2.24) is 5.32 Å². The normalized spacial score (nSPS) is 12.2. The maximum atomic E-state index is 12.2. The number of fused-ring (bicyclic) bond motifs is 1. The van der Waals surface area contributed by atoms with Crippen LogP contribution >= 0.6 is 0 Å². The lowest BCUT2D eigenvalue weighted by molar-refractivity contribution is -0.141. The van der Waals surface area contributed by atoms with E-state index in [0.29, 0.717) is 0 Å². The van der Waals surface area contributed by atoms with Crippen LogP contribution in [-0.4, -0.2) is 23.0 Å². The Morgan fingerprint density at radius 1 is 0.923 bits per heavy atom. The topological polar surface area (TPSA) is 66.4 Å². The van der Waals surface area contributed by atoms with Crippen LogP contribution in [0.5, 0.6) is 0 Å². The molecule has 0 heterocycles. The molecule has 0 saturated heterocycles. The quantitative estimate of drug-likeness (QED) is 0.670. The summed E-state index contributed by atoms with van der Waals surface area (Å²) >= 11 is 0. The third-order valence-electron chi connectivity index (χ3n) is 4.13. The van der Waals surface area contributed by atoms with Crippen LogP contribution in [-0.2, 0) is 16.0 Å². The van der Waals surface area contributed by atoms with Gasteiger partial charge >= 0.3 is 5.97 Å². The second-order valence-electron chi connectivity index (χ2n) is 5.99. The standard InChI is InChI=1S/C22H19NO3/c24-21(23-20(22(25)26)15-16-7-2-1-3-8-16)14-13-18-11-6-10-17-9-4-5-12-19(17)18/h1-14,20H,15H2,(H,23,24)(H,25,26)/t20-/m0/s1. The summed E-state index contributed by atoms with van der Waals surface area (Å²) in [6, 6.07) is 22.0. The van der Waals surface area contributed by atoms with E-state index in [1.807, 2.05) is 72.8 Å². The Kier molecular flexibility index (Phi) is 5.44. The molecule has 0 aliphatic heterocycles. The highest BCUT2D eigenvalue weighted by molar-refractivity contribution is 5.98. The number of amides is 1. The van der Waals surface area contributed by atoms with Crippen LogP contribution in [0, 0.1) is 0 Å². The maximum Gasteiger partial charge on any atom is 0.326 e. The number of carboxylic acid groups (broad SMARTS) is 1. The van der Waals surface area contributed by atoms with Crippen molar-refractivity contribution in [3.05, 3.63) is 90.0 Å². The van der Waals surface area contributed by atoms with E-state index in [1.165, 1.54) is 6.08 Å². The number of benzene rings is 3. The zero-order valence-electron chi connectivity index (χ0n) is 14.1.